The molecule has 110 valence electrons. The van der Waals surface area contributed by atoms with Gasteiger partial charge in [0, 0.05) is 30.9 Å². The summed E-state index contributed by atoms with van der Waals surface area (Å²) in [5, 5.41) is 13.2. The molecule has 1 fully saturated rings. The molecule has 0 spiro atoms. The van der Waals surface area contributed by atoms with E-state index in [0.29, 0.717) is 12.6 Å². The summed E-state index contributed by atoms with van der Waals surface area (Å²) in [6.45, 7) is 1.38. The van der Waals surface area contributed by atoms with Crippen LogP contribution in [0.5, 0.6) is 0 Å². The highest BCUT2D eigenvalue weighted by Crippen LogP contribution is 2.28. The van der Waals surface area contributed by atoms with Crippen molar-refractivity contribution >= 4 is 5.97 Å². The van der Waals surface area contributed by atoms with Crippen LogP contribution in [0.25, 0.3) is 5.69 Å². The quantitative estimate of drug-likeness (QED) is 0.848. The van der Waals surface area contributed by atoms with Gasteiger partial charge < -0.3 is 5.11 Å². The fourth-order valence-electron chi connectivity index (χ4n) is 2.47. The Morgan fingerprint density at radius 2 is 2.10 bits per heavy atom. The van der Waals surface area contributed by atoms with Crippen molar-refractivity contribution in [2.24, 2.45) is 0 Å². The molecule has 0 atom stereocenters. The minimum atomic E-state index is -0.736. The first-order valence-electron chi connectivity index (χ1n) is 7.27. The van der Waals surface area contributed by atoms with Crippen LogP contribution in [0.4, 0.5) is 0 Å². The molecule has 1 heterocycles. The minimum Gasteiger partial charge on any atom is -0.481 e. The predicted molar refractivity (Wildman–Crippen MR) is 79.2 cm³/mol. The Hall–Kier alpha value is -2.14. The van der Waals surface area contributed by atoms with Crippen molar-refractivity contribution in [1.82, 2.24) is 14.7 Å². The monoisotopic (exact) mass is 285 g/mol. The third kappa shape index (κ3) is 3.70. The fraction of sp³-hybridized carbons (Fsp3) is 0.375. The number of benzene rings is 1. The molecule has 0 amide bonds. The van der Waals surface area contributed by atoms with Gasteiger partial charge in [0.05, 0.1) is 18.3 Å². The average Bonchev–Trinajstić information content (AvgIpc) is 3.23. The van der Waals surface area contributed by atoms with Crippen LogP contribution < -0.4 is 0 Å². The number of aliphatic carboxylic acids is 1. The summed E-state index contributed by atoms with van der Waals surface area (Å²) in [5.41, 5.74) is 2.16. The van der Waals surface area contributed by atoms with Gasteiger partial charge in [-0.3, -0.25) is 9.69 Å². The zero-order valence-electron chi connectivity index (χ0n) is 11.9. The molecule has 0 unspecified atom stereocenters. The second-order valence-corrected chi connectivity index (χ2v) is 5.47. The number of rotatable bonds is 7. The number of hydrogen-bond acceptors (Lipinski definition) is 3. The van der Waals surface area contributed by atoms with E-state index in [1.807, 2.05) is 47.4 Å². The first kappa shape index (κ1) is 13.8. The highest BCUT2D eigenvalue weighted by molar-refractivity contribution is 5.66. The van der Waals surface area contributed by atoms with Crippen LogP contribution in [0.15, 0.2) is 42.7 Å². The molecule has 1 aromatic heterocycles. The number of carboxylic acids is 1. The van der Waals surface area contributed by atoms with Crippen molar-refractivity contribution in [3.63, 3.8) is 0 Å². The molecular formula is C16H19N3O2. The molecule has 1 saturated carbocycles. The zero-order valence-corrected chi connectivity index (χ0v) is 11.9. The lowest BCUT2D eigenvalue weighted by Crippen LogP contribution is -2.28. The molecule has 0 saturated heterocycles. The maximum Gasteiger partial charge on any atom is 0.304 e. The van der Waals surface area contributed by atoms with E-state index < -0.39 is 5.97 Å². The molecule has 0 aliphatic heterocycles. The average molecular weight is 285 g/mol. The number of hydrogen-bond donors (Lipinski definition) is 1. The van der Waals surface area contributed by atoms with Crippen LogP contribution >= 0.6 is 0 Å². The van der Waals surface area contributed by atoms with Crippen LogP contribution in [0.1, 0.15) is 24.8 Å². The Balaban J connectivity index is 1.66. The Morgan fingerprint density at radius 3 is 2.76 bits per heavy atom. The molecule has 0 bridgehead atoms. The smallest absolute Gasteiger partial charge is 0.304 e. The van der Waals surface area contributed by atoms with Gasteiger partial charge in [-0.2, -0.15) is 5.10 Å². The second kappa shape index (κ2) is 6.10. The number of aromatic nitrogens is 2. The number of para-hydroxylation sites is 1. The summed E-state index contributed by atoms with van der Waals surface area (Å²) < 4.78 is 1.86. The van der Waals surface area contributed by atoms with E-state index in [2.05, 4.69) is 10.00 Å². The van der Waals surface area contributed by atoms with Gasteiger partial charge >= 0.3 is 5.97 Å². The number of carboxylic acid groups (broad SMARTS) is 1. The lowest BCUT2D eigenvalue weighted by molar-refractivity contribution is -0.137. The molecule has 5 nitrogen and oxygen atoms in total. The Kier molecular flexibility index (Phi) is 4.01. The summed E-state index contributed by atoms with van der Waals surface area (Å²) in [6, 6.07) is 10.5. The van der Waals surface area contributed by atoms with Crippen LogP contribution in [0.2, 0.25) is 0 Å². The molecule has 1 aliphatic carbocycles. The number of nitrogens with zero attached hydrogens (tertiary/aromatic N) is 3. The van der Waals surface area contributed by atoms with Crippen molar-refractivity contribution in [2.45, 2.75) is 31.8 Å². The summed E-state index contributed by atoms with van der Waals surface area (Å²) >= 11 is 0. The topological polar surface area (TPSA) is 58.4 Å². The van der Waals surface area contributed by atoms with Gasteiger partial charge in [-0.15, -0.1) is 0 Å². The summed E-state index contributed by atoms with van der Waals surface area (Å²) in [5.74, 6) is -0.736. The number of carbonyl (C=O) groups is 1. The van der Waals surface area contributed by atoms with E-state index in [4.69, 9.17) is 5.11 Å². The minimum absolute atomic E-state index is 0.198. The van der Waals surface area contributed by atoms with Crippen molar-refractivity contribution in [3.05, 3.63) is 48.3 Å². The van der Waals surface area contributed by atoms with Crippen LogP contribution in [-0.4, -0.2) is 38.3 Å². The maximum atomic E-state index is 10.7. The van der Waals surface area contributed by atoms with Gasteiger partial charge in [0.25, 0.3) is 0 Å². The highest BCUT2D eigenvalue weighted by Gasteiger charge is 2.29. The highest BCUT2D eigenvalue weighted by atomic mass is 16.4. The lowest BCUT2D eigenvalue weighted by Gasteiger charge is -2.20. The van der Waals surface area contributed by atoms with Crippen molar-refractivity contribution in [1.29, 1.82) is 0 Å². The molecule has 5 heteroatoms. The molecule has 2 aromatic rings. The molecule has 1 aromatic carbocycles. The first-order chi connectivity index (χ1) is 10.2. The van der Waals surface area contributed by atoms with E-state index in [1.54, 1.807) is 0 Å². The largest absolute Gasteiger partial charge is 0.481 e. The van der Waals surface area contributed by atoms with Crippen molar-refractivity contribution in [3.8, 4) is 5.69 Å². The van der Waals surface area contributed by atoms with Gasteiger partial charge in [0.15, 0.2) is 0 Å². The molecule has 0 radical (unpaired) electrons. The standard InChI is InChI=1S/C16H19N3O2/c20-16(21)8-9-18(14-6-7-14)11-13-10-17-19(12-13)15-4-2-1-3-5-15/h1-5,10,12,14H,6-9,11H2,(H,20,21). The SMILES string of the molecule is O=C(O)CCN(Cc1cnn(-c2ccccc2)c1)C1CC1. The zero-order chi connectivity index (χ0) is 14.7. The fourth-order valence-corrected chi connectivity index (χ4v) is 2.47. The van der Waals surface area contributed by atoms with Crippen molar-refractivity contribution < 1.29 is 9.90 Å². The van der Waals surface area contributed by atoms with Gasteiger partial charge in [0.2, 0.25) is 0 Å². The summed E-state index contributed by atoms with van der Waals surface area (Å²) in [4.78, 5) is 13.0. The van der Waals surface area contributed by atoms with Gasteiger partial charge in [0.1, 0.15) is 0 Å². The lowest BCUT2D eigenvalue weighted by atomic mass is 10.3. The maximum absolute atomic E-state index is 10.7. The van der Waals surface area contributed by atoms with E-state index in [-0.39, 0.29) is 6.42 Å². The van der Waals surface area contributed by atoms with Gasteiger partial charge in [-0.05, 0) is 25.0 Å². The second-order valence-electron chi connectivity index (χ2n) is 5.47. The molecule has 1 N–H and O–H groups in total. The Morgan fingerprint density at radius 1 is 1.33 bits per heavy atom. The van der Waals surface area contributed by atoms with E-state index in [1.165, 1.54) is 12.8 Å². The summed E-state index contributed by atoms with van der Waals surface area (Å²) in [7, 11) is 0. The van der Waals surface area contributed by atoms with Gasteiger partial charge in [-0.25, -0.2) is 4.68 Å². The van der Waals surface area contributed by atoms with E-state index >= 15 is 0 Å². The van der Waals surface area contributed by atoms with E-state index in [0.717, 1.165) is 17.8 Å². The molecule has 1 aliphatic rings. The Labute approximate surface area is 123 Å². The van der Waals surface area contributed by atoms with E-state index in [9.17, 15) is 4.79 Å². The molecular weight excluding hydrogens is 266 g/mol. The van der Waals surface area contributed by atoms with Gasteiger partial charge in [-0.1, -0.05) is 18.2 Å². The third-order valence-corrected chi connectivity index (χ3v) is 3.72. The molecule has 21 heavy (non-hydrogen) atoms. The third-order valence-electron chi connectivity index (χ3n) is 3.72. The predicted octanol–water partition coefficient (Wildman–Crippen LogP) is 2.31. The first-order valence-corrected chi connectivity index (χ1v) is 7.27. The van der Waals surface area contributed by atoms with Crippen LogP contribution in [0.3, 0.4) is 0 Å². The normalized spacial score (nSPS) is 14.5. The van der Waals surface area contributed by atoms with Crippen molar-refractivity contribution in [2.75, 3.05) is 6.54 Å². The van der Waals surface area contributed by atoms with Crippen LogP contribution in [0, 0.1) is 0 Å². The summed E-state index contributed by atoms with van der Waals surface area (Å²) in [6.07, 6.45) is 6.43. The van der Waals surface area contributed by atoms with Crippen LogP contribution in [-0.2, 0) is 11.3 Å². The molecule has 3 rings (SSSR count). The Bertz CT molecular complexity index is 605.